The van der Waals surface area contributed by atoms with Crippen LogP contribution >= 0.6 is 11.8 Å². The molecule has 0 atom stereocenters. The summed E-state index contributed by atoms with van der Waals surface area (Å²) in [5.41, 5.74) is 1.17. The summed E-state index contributed by atoms with van der Waals surface area (Å²) < 4.78 is 10.9. The lowest BCUT2D eigenvalue weighted by Gasteiger charge is -2.36. The number of methoxy groups -OCH3 is 2. The van der Waals surface area contributed by atoms with E-state index in [1.54, 1.807) is 14.2 Å². The van der Waals surface area contributed by atoms with E-state index >= 15 is 0 Å². The molecule has 0 aliphatic carbocycles. The second-order valence-corrected chi connectivity index (χ2v) is 7.16. The molecule has 1 fully saturated rings. The molecule has 7 heteroatoms. The second kappa shape index (κ2) is 11.2. The minimum absolute atomic E-state index is 0.866. The van der Waals surface area contributed by atoms with Gasteiger partial charge in [0, 0.05) is 50.6 Å². The van der Waals surface area contributed by atoms with Gasteiger partial charge >= 0.3 is 0 Å². The van der Waals surface area contributed by atoms with Crippen LogP contribution in [-0.4, -0.2) is 81.3 Å². The van der Waals surface area contributed by atoms with Gasteiger partial charge in [0.2, 0.25) is 0 Å². The van der Waals surface area contributed by atoms with Gasteiger partial charge in [-0.15, -0.1) is 0 Å². The molecule has 0 aromatic heterocycles. The van der Waals surface area contributed by atoms with Crippen molar-refractivity contribution in [3.05, 3.63) is 23.8 Å². The molecular weight excluding hydrogens is 348 g/mol. The lowest BCUT2D eigenvalue weighted by Crippen LogP contribution is -2.52. The maximum Gasteiger partial charge on any atom is 0.194 e. The highest BCUT2D eigenvalue weighted by Crippen LogP contribution is 2.25. The average Bonchev–Trinajstić information content (AvgIpc) is 2.68. The van der Waals surface area contributed by atoms with Gasteiger partial charge in [0.15, 0.2) is 5.96 Å². The molecule has 1 aromatic rings. The van der Waals surface area contributed by atoms with Gasteiger partial charge < -0.3 is 19.7 Å². The van der Waals surface area contributed by atoms with E-state index in [4.69, 9.17) is 14.5 Å². The monoisotopic (exact) mass is 380 g/mol. The third-order valence-corrected chi connectivity index (χ3v) is 5.04. The maximum atomic E-state index is 5.51. The highest BCUT2D eigenvalue weighted by molar-refractivity contribution is 7.98. The number of nitrogens with one attached hydrogen (secondary N) is 1. The van der Waals surface area contributed by atoms with E-state index in [0.717, 1.165) is 69.0 Å². The van der Waals surface area contributed by atoms with Crippen LogP contribution in [0.5, 0.6) is 11.5 Å². The smallest absolute Gasteiger partial charge is 0.194 e. The van der Waals surface area contributed by atoms with E-state index in [1.807, 2.05) is 23.9 Å². The fraction of sp³-hybridized carbons (Fsp3) is 0.632. The molecule has 1 N–H and O–H groups in total. The van der Waals surface area contributed by atoms with E-state index < -0.39 is 0 Å². The van der Waals surface area contributed by atoms with Crippen molar-refractivity contribution in [2.45, 2.75) is 13.5 Å². The van der Waals surface area contributed by atoms with Crippen LogP contribution in [0.2, 0.25) is 0 Å². The largest absolute Gasteiger partial charge is 0.497 e. The number of rotatable bonds is 8. The van der Waals surface area contributed by atoms with Crippen molar-refractivity contribution in [3.8, 4) is 11.5 Å². The zero-order chi connectivity index (χ0) is 18.8. The van der Waals surface area contributed by atoms with E-state index in [9.17, 15) is 0 Å². The molecule has 0 saturated carbocycles. The summed E-state index contributed by atoms with van der Waals surface area (Å²) in [5, 5.41) is 3.42. The Labute approximate surface area is 161 Å². The number of nitrogens with zero attached hydrogens (tertiary/aromatic N) is 3. The highest BCUT2D eigenvalue weighted by atomic mass is 32.2. The van der Waals surface area contributed by atoms with Gasteiger partial charge in [-0.3, -0.25) is 9.89 Å². The Balaban J connectivity index is 1.94. The first-order chi connectivity index (χ1) is 12.7. The quantitative estimate of drug-likeness (QED) is 0.424. The number of aliphatic imine (C=N–C) groups is 1. The molecule has 1 aliphatic rings. The molecule has 6 nitrogen and oxygen atoms in total. The Kier molecular flexibility index (Phi) is 8.91. The van der Waals surface area contributed by atoms with Crippen LogP contribution in [0.1, 0.15) is 12.5 Å². The van der Waals surface area contributed by atoms with E-state index in [1.165, 1.54) is 5.56 Å². The number of thioether (sulfide) groups is 1. The minimum Gasteiger partial charge on any atom is -0.497 e. The lowest BCUT2D eigenvalue weighted by atomic mass is 10.1. The van der Waals surface area contributed by atoms with Crippen molar-refractivity contribution in [1.29, 1.82) is 0 Å². The Bertz CT molecular complexity index is 575. The summed E-state index contributed by atoms with van der Waals surface area (Å²) >= 11 is 1.83. The highest BCUT2D eigenvalue weighted by Gasteiger charge is 2.20. The SMILES string of the molecule is CCNC(=NCCSC)N1CCN(Cc2cc(OC)ccc2OC)CC1. The first-order valence-corrected chi connectivity index (χ1v) is 10.6. The summed E-state index contributed by atoms with van der Waals surface area (Å²) in [7, 11) is 3.42. The first kappa shape index (κ1) is 20.7. The van der Waals surface area contributed by atoms with Crippen molar-refractivity contribution in [2.24, 2.45) is 4.99 Å². The van der Waals surface area contributed by atoms with Crippen molar-refractivity contribution in [2.75, 3.05) is 65.5 Å². The Hall–Kier alpha value is -1.60. The number of hydrogen-bond donors (Lipinski definition) is 1. The molecule has 0 amide bonds. The fourth-order valence-electron chi connectivity index (χ4n) is 3.03. The molecule has 0 spiro atoms. The normalized spacial score (nSPS) is 15.8. The van der Waals surface area contributed by atoms with Crippen molar-refractivity contribution in [1.82, 2.24) is 15.1 Å². The number of guanidine groups is 1. The van der Waals surface area contributed by atoms with Gasteiger partial charge in [-0.25, -0.2) is 0 Å². The summed E-state index contributed by atoms with van der Waals surface area (Å²) in [6.45, 7) is 8.74. The summed E-state index contributed by atoms with van der Waals surface area (Å²) in [6, 6.07) is 5.99. The van der Waals surface area contributed by atoms with Gasteiger partial charge in [0.1, 0.15) is 11.5 Å². The molecule has 146 valence electrons. The molecule has 1 heterocycles. The zero-order valence-corrected chi connectivity index (χ0v) is 17.3. The summed E-state index contributed by atoms with van der Waals surface area (Å²) in [6.07, 6.45) is 2.12. The molecule has 26 heavy (non-hydrogen) atoms. The number of piperazine rings is 1. The lowest BCUT2D eigenvalue weighted by molar-refractivity contribution is 0.171. The summed E-state index contributed by atoms with van der Waals surface area (Å²) in [4.78, 5) is 9.56. The average molecular weight is 381 g/mol. The number of hydrogen-bond acceptors (Lipinski definition) is 5. The Morgan fingerprint density at radius 1 is 1.19 bits per heavy atom. The third kappa shape index (κ3) is 5.99. The standard InChI is InChI=1S/C19H32N4O2S/c1-5-20-19(21-8-13-26-4)23-11-9-22(10-12-23)15-16-14-17(24-2)6-7-18(16)25-3/h6-7,14H,5,8-13,15H2,1-4H3,(H,20,21). The fourth-order valence-corrected chi connectivity index (χ4v) is 3.31. The third-order valence-electron chi connectivity index (χ3n) is 4.45. The van der Waals surface area contributed by atoms with Crippen LogP contribution in [-0.2, 0) is 6.54 Å². The zero-order valence-electron chi connectivity index (χ0n) is 16.5. The van der Waals surface area contributed by atoms with Gasteiger partial charge in [0.25, 0.3) is 0 Å². The van der Waals surface area contributed by atoms with Crippen LogP contribution < -0.4 is 14.8 Å². The molecule has 2 rings (SSSR count). The molecule has 1 aromatic carbocycles. The molecule has 0 bridgehead atoms. The molecule has 0 unspecified atom stereocenters. The van der Waals surface area contributed by atoms with Crippen LogP contribution in [0.3, 0.4) is 0 Å². The molecule has 0 radical (unpaired) electrons. The van der Waals surface area contributed by atoms with Crippen molar-refractivity contribution >= 4 is 17.7 Å². The number of ether oxygens (including phenoxy) is 2. The van der Waals surface area contributed by atoms with Gasteiger partial charge in [-0.1, -0.05) is 0 Å². The van der Waals surface area contributed by atoms with Gasteiger partial charge in [-0.2, -0.15) is 11.8 Å². The predicted octanol–water partition coefficient (Wildman–Crippen LogP) is 2.15. The summed E-state index contributed by atoms with van der Waals surface area (Å²) in [5.74, 6) is 3.89. The van der Waals surface area contributed by atoms with Gasteiger partial charge in [0.05, 0.1) is 20.8 Å². The Morgan fingerprint density at radius 3 is 2.58 bits per heavy atom. The van der Waals surface area contributed by atoms with E-state index in [0.29, 0.717) is 0 Å². The van der Waals surface area contributed by atoms with E-state index in [-0.39, 0.29) is 0 Å². The molecular formula is C19H32N4O2S. The van der Waals surface area contributed by atoms with E-state index in [2.05, 4.69) is 34.4 Å². The minimum atomic E-state index is 0.866. The Morgan fingerprint density at radius 2 is 1.96 bits per heavy atom. The first-order valence-electron chi connectivity index (χ1n) is 9.17. The van der Waals surface area contributed by atoms with Crippen LogP contribution in [0.25, 0.3) is 0 Å². The predicted molar refractivity (Wildman–Crippen MR) is 111 cm³/mol. The van der Waals surface area contributed by atoms with Crippen molar-refractivity contribution < 1.29 is 9.47 Å². The molecule has 1 saturated heterocycles. The van der Waals surface area contributed by atoms with Crippen LogP contribution in [0.15, 0.2) is 23.2 Å². The topological polar surface area (TPSA) is 49.3 Å². The maximum absolute atomic E-state index is 5.51. The van der Waals surface area contributed by atoms with Crippen molar-refractivity contribution in [3.63, 3.8) is 0 Å². The van der Waals surface area contributed by atoms with Gasteiger partial charge in [-0.05, 0) is 31.4 Å². The number of benzene rings is 1. The van der Waals surface area contributed by atoms with Crippen LogP contribution in [0.4, 0.5) is 0 Å². The van der Waals surface area contributed by atoms with Crippen LogP contribution in [0, 0.1) is 0 Å². The molecule has 1 aliphatic heterocycles. The second-order valence-electron chi connectivity index (χ2n) is 6.17.